The zero-order chi connectivity index (χ0) is 16.2. The molecule has 0 spiro atoms. The minimum absolute atomic E-state index is 0.118. The first kappa shape index (κ1) is 15.5. The molecule has 2 heterocycles. The van der Waals surface area contributed by atoms with Gasteiger partial charge in [0.2, 0.25) is 5.96 Å². The minimum Gasteiger partial charge on any atom is -0.445 e. The summed E-state index contributed by atoms with van der Waals surface area (Å²) in [5.74, 6) is 5.99. The highest BCUT2D eigenvalue weighted by molar-refractivity contribution is 5.78. The molecule has 2 fully saturated rings. The van der Waals surface area contributed by atoms with E-state index < -0.39 is 0 Å². The summed E-state index contributed by atoms with van der Waals surface area (Å²) in [4.78, 5) is 16.2. The van der Waals surface area contributed by atoms with Crippen LogP contribution in [0.25, 0.3) is 0 Å². The summed E-state index contributed by atoms with van der Waals surface area (Å²) in [5, 5.41) is 3.56. The number of nitrogens with zero attached hydrogens (tertiary/aromatic N) is 3. The van der Waals surface area contributed by atoms with E-state index in [0.29, 0.717) is 25.0 Å². The van der Waals surface area contributed by atoms with E-state index >= 15 is 0 Å². The van der Waals surface area contributed by atoms with Crippen molar-refractivity contribution in [1.82, 2.24) is 9.80 Å². The van der Waals surface area contributed by atoms with Crippen LogP contribution in [0, 0.1) is 5.92 Å². The van der Waals surface area contributed by atoms with E-state index in [4.69, 9.17) is 16.3 Å². The molecule has 2 atom stereocenters. The van der Waals surface area contributed by atoms with Gasteiger partial charge >= 0.3 is 6.09 Å². The van der Waals surface area contributed by atoms with E-state index in [2.05, 4.69) is 5.10 Å². The number of carbonyl (C=O) groups is 1. The SMILES string of the molecule is NN=C(N)N1C[C@H]2CCCN(C(=O)OCc3ccccc3)[C@H]2C1. The lowest BCUT2D eigenvalue weighted by Gasteiger charge is -2.35. The molecule has 2 saturated heterocycles. The summed E-state index contributed by atoms with van der Waals surface area (Å²) >= 11 is 0. The first-order chi connectivity index (χ1) is 11.2. The molecule has 2 aliphatic heterocycles. The number of hydrazone groups is 1. The van der Waals surface area contributed by atoms with Gasteiger partial charge in [-0.25, -0.2) is 4.79 Å². The van der Waals surface area contributed by atoms with Gasteiger partial charge < -0.3 is 26.1 Å². The van der Waals surface area contributed by atoms with Crippen molar-refractivity contribution in [1.29, 1.82) is 0 Å². The third-order valence-corrected chi connectivity index (χ3v) is 4.68. The molecule has 1 amide bonds. The molecule has 7 heteroatoms. The maximum absolute atomic E-state index is 12.5. The Morgan fingerprint density at radius 3 is 2.83 bits per heavy atom. The standard InChI is InChI=1S/C16H23N5O2/c17-15(19-18)20-9-13-7-4-8-21(14(13)10-20)16(22)23-11-12-5-2-1-3-6-12/h1-3,5-6,13-14H,4,7-11,18H2,(H2,17,19)/t13-,14+/m1/s1. The number of fused-ring (bicyclic) bond motifs is 1. The largest absolute Gasteiger partial charge is 0.445 e. The summed E-state index contributed by atoms with van der Waals surface area (Å²) in [6.45, 7) is 2.48. The molecule has 0 aliphatic carbocycles. The minimum atomic E-state index is -0.256. The molecular weight excluding hydrogens is 294 g/mol. The van der Waals surface area contributed by atoms with Crippen molar-refractivity contribution in [3.63, 3.8) is 0 Å². The highest BCUT2D eigenvalue weighted by atomic mass is 16.6. The molecule has 7 nitrogen and oxygen atoms in total. The number of guanidine groups is 1. The van der Waals surface area contributed by atoms with Crippen LogP contribution < -0.4 is 11.6 Å². The Morgan fingerprint density at radius 2 is 2.09 bits per heavy atom. The van der Waals surface area contributed by atoms with E-state index in [1.807, 2.05) is 40.1 Å². The van der Waals surface area contributed by atoms with Crippen molar-refractivity contribution < 1.29 is 9.53 Å². The van der Waals surface area contributed by atoms with Crippen LogP contribution in [0.15, 0.2) is 35.4 Å². The number of carbonyl (C=O) groups excluding carboxylic acids is 1. The second-order valence-corrected chi connectivity index (χ2v) is 6.10. The summed E-state index contributed by atoms with van der Waals surface area (Å²) in [6.07, 6.45) is 1.81. The summed E-state index contributed by atoms with van der Waals surface area (Å²) in [6, 6.07) is 9.82. The van der Waals surface area contributed by atoms with Crippen molar-refractivity contribution in [3.05, 3.63) is 35.9 Å². The van der Waals surface area contributed by atoms with Crippen molar-refractivity contribution in [2.45, 2.75) is 25.5 Å². The molecule has 0 aromatic heterocycles. The number of ether oxygens (including phenoxy) is 1. The molecule has 0 saturated carbocycles. The topological polar surface area (TPSA) is 97.2 Å². The van der Waals surface area contributed by atoms with Crippen LogP contribution in [0.5, 0.6) is 0 Å². The summed E-state index contributed by atoms with van der Waals surface area (Å²) in [7, 11) is 0. The lowest BCUT2D eigenvalue weighted by Crippen LogP contribution is -2.49. The zero-order valence-corrected chi connectivity index (χ0v) is 13.1. The number of benzene rings is 1. The number of piperidine rings is 1. The Labute approximate surface area is 135 Å². The first-order valence-corrected chi connectivity index (χ1v) is 7.94. The number of nitrogens with two attached hydrogens (primary N) is 2. The summed E-state index contributed by atoms with van der Waals surface area (Å²) < 4.78 is 5.48. The van der Waals surface area contributed by atoms with Crippen molar-refractivity contribution in [2.75, 3.05) is 19.6 Å². The molecule has 1 aromatic rings. The molecular formula is C16H23N5O2. The number of rotatable bonds is 2. The van der Waals surface area contributed by atoms with Crippen molar-refractivity contribution >= 4 is 12.1 Å². The van der Waals surface area contributed by atoms with E-state index in [9.17, 15) is 4.79 Å². The lowest BCUT2D eigenvalue weighted by atomic mass is 9.92. The van der Waals surface area contributed by atoms with E-state index in [0.717, 1.165) is 31.5 Å². The predicted molar refractivity (Wildman–Crippen MR) is 87.2 cm³/mol. The molecule has 1 aromatic carbocycles. The number of hydrogen-bond donors (Lipinski definition) is 2. The Morgan fingerprint density at radius 1 is 1.30 bits per heavy atom. The van der Waals surface area contributed by atoms with Crippen molar-refractivity contribution in [3.8, 4) is 0 Å². The second-order valence-electron chi connectivity index (χ2n) is 6.10. The normalized spacial score (nSPS) is 24.4. The fourth-order valence-electron chi connectivity index (χ4n) is 3.48. The van der Waals surface area contributed by atoms with Crippen LogP contribution in [0.3, 0.4) is 0 Å². The maximum atomic E-state index is 12.5. The number of likely N-dealkylation sites (tertiary alicyclic amines) is 2. The third-order valence-electron chi connectivity index (χ3n) is 4.68. The van der Waals surface area contributed by atoms with Gasteiger partial charge in [-0.3, -0.25) is 0 Å². The molecule has 3 rings (SSSR count). The van der Waals surface area contributed by atoms with Crippen LogP contribution in [-0.2, 0) is 11.3 Å². The predicted octanol–water partition coefficient (Wildman–Crippen LogP) is 0.908. The molecule has 4 N–H and O–H groups in total. The average molecular weight is 317 g/mol. The zero-order valence-electron chi connectivity index (χ0n) is 13.1. The molecule has 2 aliphatic rings. The second kappa shape index (κ2) is 6.76. The van der Waals surface area contributed by atoms with Gasteiger partial charge in [0.25, 0.3) is 0 Å². The third kappa shape index (κ3) is 3.33. The van der Waals surface area contributed by atoms with Gasteiger partial charge in [-0.1, -0.05) is 30.3 Å². The average Bonchev–Trinajstić information content (AvgIpc) is 3.04. The van der Waals surface area contributed by atoms with Gasteiger partial charge in [0.05, 0.1) is 6.04 Å². The van der Waals surface area contributed by atoms with Crippen LogP contribution >= 0.6 is 0 Å². The molecule has 23 heavy (non-hydrogen) atoms. The highest BCUT2D eigenvalue weighted by Crippen LogP contribution is 2.31. The quantitative estimate of drug-likeness (QED) is 0.366. The van der Waals surface area contributed by atoms with E-state index in [1.54, 1.807) is 0 Å². The van der Waals surface area contributed by atoms with Crippen LogP contribution in [0.1, 0.15) is 18.4 Å². The Kier molecular flexibility index (Phi) is 4.55. The number of hydrogen-bond acceptors (Lipinski definition) is 4. The summed E-state index contributed by atoms with van der Waals surface area (Å²) in [5.41, 5.74) is 6.79. The Bertz CT molecular complexity index is 577. The molecule has 124 valence electrons. The Balaban J connectivity index is 1.61. The van der Waals surface area contributed by atoms with E-state index in [1.165, 1.54) is 0 Å². The molecule has 0 unspecified atom stereocenters. The molecule has 0 radical (unpaired) electrons. The molecule has 0 bridgehead atoms. The van der Waals surface area contributed by atoms with Gasteiger partial charge in [-0.05, 0) is 24.3 Å². The monoisotopic (exact) mass is 317 g/mol. The van der Waals surface area contributed by atoms with Gasteiger partial charge in [-0.2, -0.15) is 0 Å². The van der Waals surface area contributed by atoms with Crippen LogP contribution in [-0.4, -0.2) is 47.5 Å². The fraction of sp³-hybridized carbons (Fsp3) is 0.500. The van der Waals surface area contributed by atoms with Gasteiger partial charge in [0, 0.05) is 19.6 Å². The number of amides is 1. The first-order valence-electron chi connectivity index (χ1n) is 7.94. The van der Waals surface area contributed by atoms with Crippen LogP contribution in [0.2, 0.25) is 0 Å². The van der Waals surface area contributed by atoms with E-state index in [-0.39, 0.29) is 12.1 Å². The van der Waals surface area contributed by atoms with Gasteiger partial charge in [0.1, 0.15) is 6.61 Å². The fourth-order valence-corrected chi connectivity index (χ4v) is 3.48. The van der Waals surface area contributed by atoms with Gasteiger partial charge in [-0.15, -0.1) is 5.10 Å². The maximum Gasteiger partial charge on any atom is 0.410 e. The highest BCUT2D eigenvalue weighted by Gasteiger charge is 2.42. The van der Waals surface area contributed by atoms with Crippen molar-refractivity contribution in [2.24, 2.45) is 22.6 Å². The smallest absolute Gasteiger partial charge is 0.410 e. The lowest BCUT2D eigenvalue weighted by molar-refractivity contribution is 0.0610. The Hall–Kier alpha value is -2.44. The van der Waals surface area contributed by atoms with Crippen LogP contribution in [0.4, 0.5) is 4.79 Å². The van der Waals surface area contributed by atoms with Gasteiger partial charge in [0.15, 0.2) is 0 Å².